The summed E-state index contributed by atoms with van der Waals surface area (Å²) in [6, 6.07) is 13.0. The Hall–Kier alpha value is -2.75. The van der Waals surface area contributed by atoms with E-state index >= 15 is 0 Å². The van der Waals surface area contributed by atoms with Gasteiger partial charge in [-0.3, -0.25) is 4.79 Å². The molecule has 4 rings (SSSR count). The second-order valence-corrected chi connectivity index (χ2v) is 6.11. The molecule has 4 heteroatoms. The lowest BCUT2D eigenvalue weighted by atomic mass is 9.94. The molecule has 0 bridgehead atoms. The van der Waals surface area contributed by atoms with Gasteiger partial charge >= 0.3 is 0 Å². The highest BCUT2D eigenvalue weighted by Crippen LogP contribution is 2.28. The predicted molar refractivity (Wildman–Crippen MR) is 94.3 cm³/mol. The summed E-state index contributed by atoms with van der Waals surface area (Å²) in [5.74, 6) is 2.07. The maximum absolute atomic E-state index is 12.8. The van der Waals surface area contributed by atoms with E-state index in [0.717, 1.165) is 48.2 Å². The molecule has 0 aliphatic heterocycles. The second-order valence-electron chi connectivity index (χ2n) is 6.11. The number of aromatic amines is 1. The van der Waals surface area contributed by atoms with E-state index in [4.69, 9.17) is 9.47 Å². The quantitative estimate of drug-likeness (QED) is 0.786. The van der Waals surface area contributed by atoms with E-state index < -0.39 is 0 Å². The van der Waals surface area contributed by atoms with Gasteiger partial charge in [-0.2, -0.15) is 0 Å². The van der Waals surface area contributed by atoms with Crippen LogP contribution in [-0.4, -0.2) is 12.1 Å². The van der Waals surface area contributed by atoms with Gasteiger partial charge in [-0.15, -0.1) is 0 Å². The highest BCUT2D eigenvalue weighted by atomic mass is 16.5. The minimum Gasteiger partial charge on any atom is -0.497 e. The van der Waals surface area contributed by atoms with Crippen molar-refractivity contribution in [3.63, 3.8) is 0 Å². The summed E-state index contributed by atoms with van der Waals surface area (Å²) < 4.78 is 11.1. The number of benzene rings is 2. The molecule has 2 aromatic carbocycles. The third-order valence-electron chi connectivity index (χ3n) is 4.54. The lowest BCUT2D eigenvalue weighted by molar-refractivity contribution is 0.409. The Kier molecular flexibility index (Phi) is 3.73. The van der Waals surface area contributed by atoms with Crippen LogP contribution >= 0.6 is 0 Å². The predicted octanol–water partition coefficient (Wildman–Crippen LogP) is 4.21. The van der Waals surface area contributed by atoms with E-state index in [1.54, 1.807) is 7.11 Å². The molecule has 0 unspecified atom stereocenters. The molecule has 24 heavy (non-hydrogen) atoms. The third-order valence-corrected chi connectivity index (χ3v) is 4.54. The molecule has 0 spiro atoms. The summed E-state index contributed by atoms with van der Waals surface area (Å²) in [4.78, 5) is 16.2. The Labute approximate surface area is 140 Å². The van der Waals surface area contributed by atoms with Crippen LogP contribution in [0.4, 0.5) is 0 Å². The van der Waals surface area contributed by atoms with Crippen LogP contribution in [0.3, 0.4) is 0 Å². The SMILES string of the molecule is COc1cccc(Oc2ccc3[nH]c4c(c(=O)c3c2)CCCC4)c1. The van der Waals surface area contributed by atoms with Crippen molar-refractivity contribution in [2.75, 3.05) is 7.11 Å². The monoisotopic (exact) mass is 321 g/mol. The zero-order valence-corrected chi connectivity index (χ0v) is 13.6. The molecule has 4 nitrogen and oxygen atoms in total. The maximum atomic E-state index is 12.8. The smallest absolute Gasteiger partial charge is 0.192 e. The Balaban J connectivity index is 1.75. The van der Waals surface area contributed by atoms with Crippen molar-refractivity contribution >= 4 is 10.9 Å². The number of methoxy groups -OCH3 is 1. The molecule has 0 radical (unpaired) electrons. The average molecular weight is 321 g/mol. The van der Waals surface area contributed by atoms with Gasteiger partial charge in [0.15, 0.2) is 5.43 Å². The number of aryl methyl sites for hydroxylation is 1. The molecule has 0 atom stereocenters. The van der Waals surface area contributed by atoms with Crippen LogP contribution in [0.15, 0.2) is 47.3 Å². The molecular formula is C20H19NO3. The zero-order chi connectivity index (χ0) is 16.5. The number of aromatic nitrogens is 1. The van der Waals surface area contributed by atoms with E-state index in [9.17, 15) is 4.79 Å². The van der Waals surface area contributed by atoms with Crippen LogP contribution in [-0.2, 0) is 12.8 Å². The number of H-pyrrole nitrogens is 1. The maximum Gasteiger partial charge on any atom is 0.192 e. The van der Waals surface area contributed by atoms with Gasteiger partial charge in [0.05, 0.1) is 7.11 Å². The summed E-state index contributed by atoms with van der Waals surface area (Å²) in [5, 5.41) is 0.691. The van der Waals surface area contributed by atoms with E-state index in [1.165, 1.54) is 0 Å². The van der Waals surface area contributed by atoms with E-state index in [1.807, 2.05) is 42.5 Å². The number of rotatable bonds is 3. The first kappa shape index (κ1) is 14.8. The van der Waals surface area contributed by atoms with Crippen LogP contribution in [0.5, 0.6) is 17.2 Å². The minimum atomic E-state index is 0.134. The van der Waals surface area contributed by atoms with Crippen molar-refractivity contribution in [3.05, 3.63) is 63.9 Å². The van der Waals surface area contributed by atoms with Crippen molar-refractivity contribution in [1.29, 1.82) is 0 Å². The summed E-state index contributed by atoms with van der Waals surface area (Å²) >= 11 is 0. The molecule has 122 valence electrons. The lowest BCUT2D eigenvalue weighted by Crippen LogP contribution is -2.18. The van der Waals surface area contributed by atoms with Gasteiger partial charge in [-0.1, -0.05) is 6.07 Å². The third kappa shape index (κ3) is 2.64. The van der Waals surface area contributed by atoms with E-state index in [0.29, 0.717) is 16.9 Å². The second kappa shape index (κ2) is 6.04. The van der Waals surface area contributed by atoms with Crippen LogP contribution in [0, 0.1) is 0 Å². The fourth-order valence-electron chi connectivity index (χ4n) is 3.30. The number of hydrogen-bond donors (Lipinski definition) is 1. The van der Waals surface area contributed by atoms with Crippen molar-refractivity contribution in [2.24, 2.45) is 0 Å². The van der Waals surface area contributed by atoms with Gasteiger partial charge in [0.25, 0.3) is 0 Å². The minimum absolute atomic E-state index is 0.134. The first-order valence-electron chi connectivity index (χ1n) is 8.24. The summed E-state index contributed by atoms with van der Waals surface area (Å²) in [6.07, 6.45) is 4.05. The molecule has 0 amide bonds. The van der Waals surface area contributed by atoms with E-state index in [-0.39, 0.29) is 5.43 Å². The van der Waals surface area contributed by atoms with Crippen molar-refractivity contribution < 1.29 is 9.47 Å². The van der Waals surface area contributed by atoms with Gasteiger partial charge in [-0.25, -0.2) is 0 Å². The van der Waals surface area contributed by atoms with Crippen molar-refractivity contribution in [1.82, 2.24) is 4.98 Å². The zero-order valence-electron chi connectivity index (χ0n) is 13.6. The Bertz CT molecular complexity index is 959. The molecule has 3 aromatic rings. The topological polar surface area (TPSA) is 51.3 Å². The first-order chi connectivity index (χ1) is 11.7. The molecule has 1 heterocycles. The average Bonchev–Trinajstić information content (AvgIpc) is 2.63. The normalized spacial score (nSPS) is 13.5. The largest absolute Gasteiger partial charge is 0.497 e. The van der Waals surface area contributed by atoms with Gasteiger partial charge in [0, 0.05) is 28.2 Å². The van der Waals surface area contributed by atoms with Gasteiger partial charge in [-0.05, 0) is 56.0 Å². The van der Waals surface area contributed by atoms with Crippen molar-refractivity contribution in [3.8, 4) is 17.2 Å². The fourth-order valence-corrected chi connectivity index (χ4v) is 3.30. The molecule has 0 saturated heterocycles. The Morgan fingerprint density at radius 3 is 2.62 bits per heavy atom. The summed E-state index contributed by atoms with van der Waals surface area (Å²) in [5.41, 5.74) is 3.04. The van der Waals surface area contributed by atoms with Crippen LogP contribution < -0.4 is 14.9 Å². The van der Waals surface area contributed by atoms with E-state index in [2.05, 4.69) is 4.98 Å². The molecule has 1 aromatic heterocycles. The summed E-state index contributed by atoms with van der Waals surface area (Å²) in [6.45, 7) is 0. The van der Waals surface area contributed by atoms with Crippen LogP contribution in [0.25, 0.3) is 10.9 Å². The van der Waals surface area contributed by atoms with Gasteiger partial charge in [0.2, 0.25) is 0 Å². The molecule has 0 saturated carbocycles. The van der Waals surface area contributed by atoms with Crippen LogP contribution in [0.1, 0.15) is 24.1 Å². The molecule has 1 aliphatic carbocycles. The first-order valence-corrected chi connectivity index (χ1v) is 8.24. The number of ether oxygens (including phenoxy) is 2. The fraction of sp³-hybridized carbons (Fsp3) is 0.250. The molecule has 1 N–H and O–H groups in total. The molecular weight excluding hydrogens is 302 g/mol. The standard InChI is InChI=1S/C20H19NO3/c1-23-13-5-4-6-14(11-13)24-15-9-10-19-17(12-15)20(22)16-7-2-3-8-18(16)21-19/h4-6,9-12H,2-3,7-8H2,1H3,(H,21,22). The van der Waals surface area contributed by atoms with Gasteiger partial charge < -0.3 is 14.5 Å². The number of pyridine rings is 1. The Morgan fingerprint density at radius 1 is 0.958 bits per heavy atom. The highest BCUT2D eigenvalue weighted by Gasteiger charge is 2.16. The molecule has 1 aliphatic rings. The number of nitrogens with one attached hydrogen (secondary N) is 1. The number of hydrogen-bond acceptors (Lipinski definition) is 3. The Morgan fingerprint density at radius 2 is 1.75 bits per heavy atom. The highest BCUT2D eigenvalue weighted by molar-refractivity contribution is 5.81. The summed E-state index contributed by atoms with van der Waals surface area (Å²) in [7, 11) is 1.62. The van der Waals surface area contributed by atoms with Crippen LogP contribution in [0.2, 0.25) is 0 Å². The lowest BCUT2D eigenvalue weighted by Gasteiger charge is -2.16. The van der Waals surface area contributed by atoms with Crippen molar-refractivity contribution in [2.45, 2.75) is 25.7 Å². The van der Waals surface area contributed by atoms with Gasteiger partial charge in [0.1, 0.15) is 17.2 Å². The molecule has 0 fully saturated rings. The number of fused-ring (bicyclic) bond motifs is 2.